The third kappa shape index (κ3) is 2.18. The Bertz CT molecular complexity index is 542. The number of ketones is 1. The number of fused-ring (bicyclic) bond motifs is 1. The molecule has 1 aromatic rings. The van der Waals surface area contributed by atoms with Gasteiger partial charge in [-0.1, -0.05) is 43.7 Å². The second kappa shape index (κ2) is 4.19. The lowest BCUT2D eigenvalue weighted by molar-refractivity contribution is -0.126. The number of hydrogen-bond acceptors (Lipinski definition) is 3. The van der Waals surface area contributed by atoms with Gasteiger partial charge in [0.05, 0.1) is 17.7 Å². The highest BCUT2D eigenvalue weighted by atomic mass is 16.1. The standard InChI is InChI=1S/C16H20N2O/c1-10-4-6-11(7-5-10)15-14-12(17-18-15)8-16(2,3)9-13(14)19/h4-7,12,14,17H,8-9H2,1-3H3/t12-,14+/m0/s1. The number of Topliss-reactive ketones (excluding diaryl/α,β-unsaturated/α-hetero) is 1. The molecule has 0 spiro atoms. The second-order valence-electron chi connectivity index (χ2n) is 6.59. The van der Waals surface area contributed by atoms with E-state index >= 15 is 0 Å². The maximum absolute atomic E-state index is 12.4. The molecule has 1 aliphatic carbocycles. The number of hydrazone groups is 1. The first-order chi connectivity index (χ1) is 8.96. The monoisotopic (exact) mass is 256 g/mol. The minimum atomic E-state index is -0.0595. The van der Waals surface area contributed by atoms with E-state index in [1.807, 2.05) is 0 Å². The lowest BCUT2D eigenvalue weighted by atomic mass is 9.68. The fraction of sp³-hybridized carbons (Fsp3) is 0.500. The van der Waals surface area contributed by atoms with E-state index in [9.17, 15) is 4.79 Å². The van der Waals surface area contributed by atoms with Crippen molar-refractivity contribution in [3.05, 3.63) is 35.4 Å². The van der Waals surface area contributed by atoms with Gasteiger partial charge < -0.3 is 5.43 Å². The second-order valence-corrected chi connectivity index (χ2v) is 6.59. The van der Waals surface area contributed by atoms with Crippen molar-refractivity contribution in [3.8, 4) is 0 Å². The SMILES string of the molecule is Cc1ccc(C2=NN[C@H]3CC(C)(C)CC(=O)[C@H]23)cc1. The van der Waals surface area contributed by atoms with Crippen LogP contribution in [0.15, 0.2) is 29.4 Å². The summed E-state index contributed by atoms with van der Waals surface area (Å²) >= 11 is 0. The van der Waals surface area contributed by atoms with Gasteiger partial charge in [-0.05, 0) is 24.3 Å². The third-order valence-electron chi connectivity index (χ3n) is 4.17. The Labute approximate surface area is 114 Å². The molecule has 0 aromatic heterocycles. The van der Waals surface area contributed by atoms with E-state index in [-0.39, 0.29) is 17.4 Å². The fourth-order valence-electron chi connectivity index (χ4n) is 3.25. The average Bonchev–Trinajstić information content (AvgIpc) is 2.72. The van der Waals surface area contributed by atoms with E-state index in [2.05, 4.69) is 55.6 Å². The van der Waals surface area contributed by atoms with Crippen LogP contribution in [0.3, 0.4) is 0 Å². The van der Waals surface area contributed by atoms with Gasteiger partial charge in [-0.15, -0.1) is 0 Å². The van der Waals surface area contributed by atoms with Gasteiger partial charge in [0.15, 0.2) is 0 Å². The van der Waals surface area contributed by atoms with Crippen LogP contribution in [0.25, 0.3) is 0 Å². The average molecular weight is 256 g/mol. The topological polar surface area (TPSA) is 41.5 Å². The molecule has 0 unspecified atom stereocenters. The number of benzene rings is 1. The molecule has 0 radical (unpaired) electrons. The molecule has 1 N–H and O–H groups in total. The number of nitrogens with zero attached hydrogens (tertiary/aromatic N) is 1. The van der Waals surface area contributed by atoms with Crippen molar-refractivity contribution in [2.24, 2.45) is 16.4 Å². The van der Waals surface area contributed by atoms with E-state index in [1.54, 1.807) is 0 Å². The summed E-state index contributed by atoms with van der Waals surface area (Å²) in [5.74, 6) is 0.265. The zero-order valence-electron chi connectivity index (χ0n) is 11.7. The molecule has 0 bridgehead atoms. The predicted molar refractivity (Wildman–Crippen MR) is 76.2 cm³/mol. The molecule has 3 rings (SSSR count). The van der Waals surface area contributed by atoms with Crippen LogP contribution >= 0.6 is 0 Å². The molecule has 1 fully saturated rings. The van der Waals surface area contributed by atoms with E-state index < -0.39 is 0 Å². The van der Waals surface area contributed by atoms with Crippen molar-refractivity contribution in [3.63, 3.8) is 0 Å². The van der Waals surface area contributed by atoms with Crippen LogP contribution in [0, 0.1) is 18.3 Å². The number of nitrogens with one attached hydrogen (secondary N) is 1. The van der Waals surface area contributed by atoms with E-state index in [0.29, 0.717) is 12.2 Å². The molecule has 1 aliphatic heterocycles. The zero-order chi connectivity index (χ0) is 13.6. The van der Waals surface area contributed by atoms with Crippen LogP contribution in [0.1, 0.15) is 37.8 Å². The summed E-state index contributed by atoms with van der Waals surface area (Å²) in [6.07, 6.45) is 1.66. The molecule has 0 saturated heterocycles. The van der Waals surface area contributed by atoms with Crippen LogP contribution in [-0.4, -0.2) is 17.5 Å². The number of aryl methyl sites for hydroxylation is 1. The summed E-state index contributed by atoms with van der Waals surface area (Å²) in [5, 5.41) is 4.44. The van der Waals surface area contributed by atoms with Crippen molar-refractivity contribution in [1.29, 1.82) is 0 Å². The first-order valence-corrected chi connectivity index (χ1v) is 6.89. The summed E-state index contributed by atoms with van der Waals surface area (Å²) in [6, 6.07) is 8.44. The summed E-state index contributed by atoms with van der Waals surface area (Å²) in [4.78, 5) is 12.4. The Morgan fingerprint density at radius 3 is 2.63 bits per heavy atom. The lowest BCUT2D eigenvalue weighted by Crippen LogP contribution is -2.45. The van der Waals surface area contributed by atoms with Gasteiger partial charge in [-0.2, -0.15) is 5.10 Å². The molecule has 2 aliphatic rings. The molecular formula is C16H20N2O. The van der Waals surface area contributed by atoms with Gasteiger partial charge in [-0.3, -0.25) is 4.79 Å². The van der Waals surface area contributed by atoms with Gasteiger partial charge in [-0.25, -0.2) is 0 Å². The number of rotatable bonds is 1. The molecule has 0 amide bonds. The maximum Gasteiger partial charge on any atom is 0.144 e. The highest BCUT2D eigenvalue weighted by Gasteiger charge is 2.46. The van der Waals surface area contributed by atoms with E-state index in [1.165, 1.54) is 5.56 Å². The number of carbonyl (C=O) groups is 1. The summed E-state index contributed by atoms with van der Waals surface area (Å²) in [5.41, 5.74) is 6.48. The Balaban J connectivity index is 1.90. The molecule has 1 saturated carbocycles. The first-order valence-electron chi connectivity index (χ1n) is 6.89. The largest absolute Gasteiger partial charge is 0.306 e. The Morgan fingerprint density at radius 2 is 1.95 bits per heavy atom. The van der Waals surface area contributed by atoms with Crippen molar-refractivity contribution >= 4 is 11.5 Å². The van der Waals surface area contributed by atoms with E-state index in [4.69, 9.17) is 0 Å². The first kappa shape index (κ1) is 12.4. The van der Waals surface area contributed by atoms with Gasteiger partial charge in [0.2, 0.25) is 0 Å². The normalized spacial score (nSPS) is 28.6. The Kier molecular flexibility index (Phi) is 2.73. The molecule has 2 atom stereocenters. The third-order valence-corrected chi connectivity index (χ3v) is 4.17. The van der Waals surface area contributed by atoms with Crippen LogP contribution in [0.4, 0.5) is 0 Å². The molecule has 1 aromatic carbocycles. The molecule has 3 nitrogen and oxygen atoms in total. The summed E-state index contributed by atoms with van der Waals surface area (Å²) < 4.78 is 0. The van der Waals surface area contributed by atoms with Crippen LogP contribution in [0.5, 0.6) is 0 Å². The zero-order valence-corrected chi connectivity index (χ0v) is 11.7. The highest BCUT2D eigenvalue weighted by Crippen LogP contribution is 2.39. The van der Waals surface area contributed by atoms with Gasteiger partial charge in [0.1, 0.15) is 5.78 Å². The summed E-state index contributed by atoms with van der Waals surface area (Å²) in [6.45, 7) is 6.38. The minimum Gasteiger partial charge on any atom is -0.306 e. The molecule has 3 heteroatoms. The van der Waals surface area contributed by atoms with Gasteiger partial charge >= 0.3 is 0 Å². The van der Waals surface area contributed by atoms with Gasteiger partial charge in [0, 0.05) is 6.42 Å². The van der Waals surface area contributed by atoms with Crippen molar-refractivity contribution in [2.75, 3.05) is 0 Å². The van der Waals surface area contributed by atoms with E-state index in [0.717, 1.165) is 17.7 Å². The van der Waals surface area contributed by atoms with Crippen LogP contribution in [0.2, 0.25) is 0 Å². The predicted octanol–water partition coefficient (Wildman–Crippen LogP) is 2.68. The van der Waals surface area contributed by atoms with Crippen molar-refractivity contribution in [2.45, 2.75) is 39.7 Å². The van der Waals surface area contributed by atoms with Crippen LogP contribution in [-0.2, 0) is 4.79 Å². The van der Waals surface area contributed by atoms with Crippen molar-refractivity contribution < 1.29 is 4.79 Å². The summed E-state index contributed by atoms with van der Waals surface area (Å²) in [7, 11) is 0. The lowest BCUT2D eigenvalue weighted by Gasteiger charge is -2.36. The highest BCUT2D eigenvalue weighted by molar-refractivity contribution is 6.15. The number of carbonyl (C=O) groups excluding carboxylic acids is 1. The smallest absolute Gasteiger partial charge is 0.144 e. The number of hydrogen-bond donors (Lipinski definition) is 1. The van der Waals surface area contributed by atoms with Crippen LogP contribution < -0.4 is 5.43 Å². The quantitative estimate of drug-likeness (QED) is 0.839. The van der Waals surface area contributed by atoms with Gasteiger partial charge in [0.25, 0.3) is 0 Å². The Hall–Kier alpha value is -1.64. The maximum atomic E-state index is 12.4. The fourth-order valence-corrected chi connectivity index (χ4v) is 3.25. The minimum absolute atomic E-state index is 0.0595. The van der Waals surface area contributed by atoms with Crippen molar-refractivity contribution in [1.82, 2.24) is 5.43 Å². The molecule has 19 heavy (non-hydrogen) atoms. The molecular weight excluding hydrogens is 236 g/mol. The molecule has 1 heterocycles. The Morgan fingerprint density at radius 1 is 1.26 bits per heavy atom. The molecule has 100 valence electrons.